The molecule has 27 heavy (non-hydrogen) atoms. The van der Waals surface area contributed by atoms with Gasteiger partial charge in [0.2, 0.25) is 11.8 Å². The molecule has 1 fully saturated rings. The number of amides is 2. The van der Waals surface area contributed by atoms with Crippen molar-refractivity contribution in [2.24, 2.45) is 5.73 Å². The van der Waals surface area contributed by atoms with E-state index in [1.807, 2.05) is 36.6 Å². The highest BCUT2D eigenvalue weighted by molar-refractivity contribution is 7.98. The van der Waals surface area contributed by atoms with Crippen LogP contribution in [0.4, 0.5) is 0 Å². The average Bonchev–Trinajstić information content (AvgIpc) is 3.15. The number of thioether (sulfide) groups is 1. The minimum Gasteiger partial charge on any atom is -0.480 e. The Bertz CT molecular complexity index is 656. The van der Waals surface area contributed by atoms with Gasteiger partial charge in [-0.1, -0.05) is 30.3 Å². The molecular formula is C19H27N3O4S. The van der Waals surface area contributed by atoms with Gasteiger partial charge in [0.25, 0.3) is 0 Å². The highest BCUT2D eigenvalue weighted by Gasteiger charge is 2.37. The maximum atomic E-state index is 12.7. The Balaban J connectivity index is 2.01. The number of nitrogens with one attached hydrogen (secondary N) is 1. The first-order valence-electron chi connectivity index (χ1n) is 9.06. The third-order valence-electron chi connectivity index (χ3n) is 4.69. The number of hydrogen-bond acceptors (Lipinski definition) is 5. The van der Waals surface area contributed by atoms with E-state index in [4.69, 9.17) is 5.73 Å². The molecule has 0 saturated carbocycles. The third kappa shape index (κ3) is 5.97. The van der Waals surface area contributed by atoms with Crippen LogP contribution < -0.4 is 11.1 Å². The molecule has 7 nitrogen and oxygen atoms in total. The van der Waals surface area contributed by atoms with E-state index < -0.39 is 30.0 Å². The fraction of sp³-hybridized carbons (Fsp3) is 0.526. The number of likely N-dealkylation sites (tertiary alicyclic amines) is 1. The summed E-state index contributed by atoms with van der Waals surface area (Å²) in [5.74, 6) is -0.992. The van der Waals surface area contributed by atoms with Gasteiger partial charge in [0.1, 0.15) is 12.1 Å². The van der Waals surface area contributed by atoms with Gasteiger partial charge in [-0.25, -0.2) is 4.79 Å². The predicted molar refractivity (Wildman–Crippen MR) is 105 cm³/mol. The number of carboxylic acids is 1. The van der Waals surface area contributed by atoms with Crippen molar-refractivity contribution in [3.05, 3.63) is 35.9 Å². The van der Waals surface area contributed by atoms with Crippen molar-refractivity contribution in [3.8, 4) is 0 Å². The maximum absolute atomic E-state index is 12.7. The average molecular weight is 394 g/mol. The van der Waals surface area contributed by atoms with E-state index in [1.165, 1.54) is 4.90 Å². The second-order valence-corrected chi connectivity index (χ2v) is 7.65. The van der Waals surface area contributed by atoms with E-state index in [0.29, 0.717) is 25.8 Å². The van der Waals surface area contributed by atoms with Crippen molar-refractivity contribution in [1.29, 1.82) is 0 Å². The van der Waals surface area contributed by atoms with E-state index in [-0.39, 0.29) is 12.3 Å². The minimum atomic E-state index is -1.10. The number of hydrogen-bond donors (Lipinski definition) is 3. The second-order valence-electron chi connectivity index (χ2n) is 6.67. The molecule has 0 aliphatic carbocycles. The Morgan fingerprint density at radius 1 is 1.33 bits per heavy atom. The van der Waals surface area contributed by atoms with Gasteiger partial charge in [-0.3, -0.25) is 9.59 Å². The zero-order chi connectivity index (χ0) is 19.8. The van der Waals surface area contributed by atoms with Crippen LogP contribution in [0.1, 0.15) is 24.8 Å². The van der Waals surface area contributed by atoms with Crippen molar-refractivity contribution in [2.45, 2.75) is 43.8 Å². The third-order valence-corrected chi connectivity index (χ3v) is 5.33. The predicted octanol–water partition coefficient (Wildman–Crippen LogP) is 0.870. The summed E-state index contributed by atoms with van der Waals surface area (Å²) < 4.78 is 0. The second kappa shape index (κ2) is 10.3. The lowest BCUT2D eigenvalue weighted by atomic mass is 10.1. The fourth-order valence-electron chi connectivity index (χ4n) is 3.20. The SMILES string of the molecule is CSCCC(N)C(=O)N1CCCC1C(=O)NC(Cc1ccccc1)C(=O)O. The lowest BCUT2D eigenvalue weighted by Crippen LogP contribution is -2.54. The first kappa shape index (κ1) is 21.2. The van der Waals surface area contributed by atoms with Crippen LogP contribution in [0.15, 0.2) is 30.3 Å². The molecule has 0 bridgehead atoms. The standard InChI is InChI=1S/C19H27N3O4S/c1-27-11-9-14(20)18(24)22-10-5-8-16(22)17(23)21-15(19(25)26)12-13-6-3-2-4-7-13/h2-4,6-7,14-16H,5,8-12,20H2,1H3,(H,21,23)(H,25,26). The minimum absolute atomic E-state index is 0.190. The van der Waals surface area contributed by atoms with Gasteiger partial charge >= 0.3 is 5.97 Å². The van der Waals surface area contributed by atoms with Gasteiger partial charge < -0.3 is 21.1 Å². The molecule has 1 heterocycles. The van der Waals surface area contributed by atoms with Gasteiger partial charge in [-0.2, -0.15) is 11.8 Å². The van der Waals surface area contributed by atoms with E-state index in [1.54, 1.807) is 11.8 Å². The molecule has 8 heteroatoms. The number of nitrogens with two attached hydrogens (primary N) is 1. The molecule has 1 saturated heterocycles. The zero-order valence-corrected chi connectivity index (χ0v) is 16.3. The number of carbonyl (C=O) groups is 3. The highest BCUT2D eigenvalue weighted by Crippen LogP contribution is 2.19. The summed E-state index contributed by atoms with van der Waals surface area (Å²) in [4.78, 5) is 38.3. The van der Waals surface area contributed by atoms with E-state index in [0.717, 1.165) is 11.3 Å². The van der Waals surface area contributed by atoms with Crippen molar-refractivity contribution >= 4 is 29.5 Å². The smallest absolute Gasteiger partial charge is 0.326 e. The molecule has 3 atom stereocenters. The van der Waals surface area contributed by atoms with Gasteiger partial charge in [0.05, 0.1) is 6.04 Å². The maximum Gasteiger partial charge on any atom is 0.326 e. The molecule has 1 aliphatic heterocycles. The number of aliphatic carboxylic acids is 1. The van der Waals surface area contributed by atoms with Crippen LogP contribution in [0.25, 0.3) is 0 Å². The van der Waals surface area contributed by atoms with Crippen LogP contribution in [0.3, 0.4) is 0 Å². The topological polar surface area (TPSA) is 113 Å². The molecule has 1 aromatic carbocycles. The largest absolute Gasteiger partial charge is 0.480 e. The Hall–Kier alpha value is -2.06. The molecule has 2 rings (SSSR count). The zero-order valence-electron chi connectivity index (χ0n) is 15.5. The summed E-state index contributed by atoms with van der Waals surface area (Å²) in [6, 6.07) is 6.80. The first-order chi connectivity index (χ1) is 12.9. The lowest BCUT2D eigenvalue weighted by Gasteiger charge is -2.27. The van der Waals surface area contributed by atoms with E-state index in [9.17, 15) is 19.5 Å². The first-order valence-corrected chi connectivity index (χ1v) is 10.5. The van der Waals surface area contributed by atoms with Crippen LogP contribution in [0.2, 0.25) is 0 Å². The molecule has 4 N–H and O–H groups in total. The molecule has 2 amide bonds. The Morgan fingerprint density at radius 2 is 2.04 bits per heavy atom. The van der Waals surface area contributed by atoms with Gasteiger partial charge in [-0.15, -0.1) is 0 Å². The lowest BCUT2D eigenvalue weighted by molar-refractivity contribution is -0.144. The van der Waals surface area contributed by atoms with E-state index in [2.05, 4.69) is 5.32 Å². The normalized spacial score (nSPS) is 18.7. The molecule has 0 spiro atoms. The van der Waals surface area contributed by atoms with Gasteiger partial charge in [0, 0.05) is 13.0 Å². The monoisotopic (exact) mass is 393 g/mol. The summed E-state index contributed by atoms with van der Waals surface area (Å²) in [7, 11) is 0. The molecule has 1 aromatic rings. The number of carboxylic acid groups (broad SMARTS) is 1. The van der Waals surface area contributed by atoms with Gasteiger partial charge in [-0.05, 0) is 36.8 Å². The summed E-state index contributed by atoms with van der Waals surface area (Å²) in [5.41, 5.74) is 6.79. The number of rotatable bonds is 9. The molecule has 0 aromatic heterocycles. The molecule has 148 valence electrons. The quantitative estimate of drug-likeness (QED) is 0.574. The van der Waals surface area contributed by atoms with E-state index >= 15 is 0 Å². The van der Waals surface area contributed by atoms with Gasteiger partial charge in [0.15, 0.2) is 0 Å². The van der Waals surface area contributed by atoms with Crippen molar-refractivity contribution < 1.29 is 19.5 Å². The molecule has 0 radical (unpaired) electrons. The number of benzene rings is 1. The Labute approximate surface area is 163 Å². The van der Waals surface area contributed by atoms with Crippen LogP contribution in [0.5, 0.6) is 0 Å². The number of nitrogens with zero attached hydrogens (tertiary/aromatic N) is 1. The number of carbonyl (C=O) groups excluding carboxylic acids is 2. The van der Waals surface area contributed by atoms with Crippen LogP contribution >= 0.6 is 11.8 Å². The summed E-state index contributed by atoms with van der Waals surface area (Å²) in [6.45, 7) is 0.473. The van der Waals surface area contributed by atoms with Crippen LogP contribution in [-0.2, 0) is 20.8 Å². The van der Waals surface area contributed by atoms with Crippen molar-refractivity contribution in [1.82, 2.24) is 10.2 Å². The highest BCUT2D eigenvalue weighted by atomic mass is 32.2. The van der Waals surface area contributed by atoms with Crippen LogP contribution in [-0.4, -0.2) is 64.5 Å². The summed E-state index contributed by atoms with van der Waals surface area (Å²) in [5, 5.41) is 12.1. The molecule has 1 aliphatic rings. The Morgan fingerprint density at radius 3 is 2.67 bits per heavy atom. The van der Waals surface area contributed by atoms with Crippen molar-refractivity contribution in [3.63, 3.8) is 0 Å². The summed E-state index contributed by atoms with van der Waals surface area (Å²) >= 11 is 1.61. The fourth-order valence-corrected chi connectivity index (χ4v) is 3.69. The molecule has 3 unspecified atom stereocenters. The van der Waals surface area contributed by atoms with Crippen molar-refractivity contribution in [2.75, 3.05) is 18.6 Å². The molecular weight excluding hydrogens is 366 g/mol. The Kier molecular flexibility index (Phi) is 8.12. The van der Waals surface area contributed by atoms with Crippen LogP contribution in [0, 0.1) is 0 Å². The summed E-state index contributed by atoms with van der Waals surface area (Å²) in [6.07, 6.45) is 3.91.